The van der Waals surface area contributed by atoms with Gasteiger partial charge in [0, 0.05) is 30.9 Å². The maximum Gasteiger partial charge on any atom is 0.435 e. The zero-order chi connectivity index (χ0) is 17.2. The van der Waals surface area contributed by atoms with Crippen LogP contribution in [0.15, 0.2) is 48.7 Å². The largest absolute Gasteiger partial charge is 0.435 e. The SMILES string of the molecule is Cn1cc(CNc2ccc(C(F)(F)F)nn2)c(-c2ccccc2)n1. The molecule has 0 radical (unpaired) electrons. The molecule has 1 N–H and O–H groups in total. The molecule has 3 aromatic rings. The summed E-state index contributed by atoms with van der Waals surface area (Å²) >= 11 is 0. The fourth-order valence-corrected chi connectivity index (χ4v) is 2.27. The van der Waals surface area contributed by atoms with Crippen molar-refractivity contribution < 1.29 is 13.2 Å². The van der Waals surface area contributed by atoms with Gasteiger partial charge in [-0.05, 0) is 12.1 Å². The highest BCUT2D eigenvalue weighted by molar-refractivity contribution is 5.63. The number of benzene rings is 1. The number of halogens is 3. The Morgan fingerprint density at radius 1 is 1.04 bits per heavy atom. The minimum atomic E-state index is -4.49. The van der Waals surface area contributed by atoms with Crippen molar-refractivity contribution in [3.8, 4) is 11.3 Å². The highest BCUT2D eigenvalue weighted by atomic mass is 19.4. The standard InChI is InChI=1S/C16H14F3N5/c1-24-10-12(15(23-24)11-5-3-2-4-6-11)9-20-14-8-7-13(21-22-14)16(17,18)19/h2-8,10H,9H2,1H3,(H,20,22). The van der Waals surface area contributed by atoms with E-state index in [2.05, 4.69) is 20.6 Å². The average Bonchev–Trinajstić information content (AvgIpc) is 2.94. The molecule has 8 heteroatoms. The van der Waals surface area contributed by atoms with Gasteiger partial charge in [0.1, 0.15) is 5.82 Å². The highest BCUT2D eigenvalue weighted by Crippen LogP contribution is 2.27. The van der Waals surface area contributed by atoms with Crippen LogP contribution in [0.3, 0.4) is 0 Å². The zero-order valence-electron chi connectivity index (χ0n) is 12.7. The monoisotopic (exact) mass is 333 g/mol. The van der Waals surface area contributed by atoms with Gasteiger partial charge in [-0.25, -0.2) is 0 Å². The Morgan fingerprint density at radius 2 is 1.79 bits per heavy atom. The van der Waals surface area contributed by atoms with Crippen LogP contribution in [0, 0.1) is 0 Å². The lowest BCUT2D eigenvalue weighted by Gasteiger charge is -2.07. The molecule has 1 aromatic carbocycles. The van der Waals surface area contributed by atoms with Gasteiger partial charge >= 0.3 is 6.18 Å². The smallest absolute Gasteiger partial charge is 0.364 e. The molecule has 0 bridgehead atoms. The number of aryl methyl sites for hydroxylation is 1. The number of aromatic nitrogens is 4. The van der Waals surface area contributed by atoms with Crippen LogP contribution in [0.5, 0.6) is 0 Å². The van der Waals surface area contributed by atoms with Gasteiger partial charge in [-0.2, -0.15) is 18.3 Å². The number of anilines is 1. The normalized spacial score (nSPS) is 11.5. The van der Waals surface area contributed by atoms with Crippen LogP contribution in [0.2, 0.25) is 0 Å². The molecule has 0 aliphatic carbocycles. The van der Waals surface area contributed by atoms with Crippen molar-refractivity contribution in [2.75, 3.05) is 5.32 Å². The van der Waals surface area contributed by atoms with Crippen LogP contribution in [0.4, 0.5) is 19.0 Å². The predicted octanol–water partition coefficient (Wildman–Crippen LogP) is 3.51. The third-order valence-corrected chi connectivity index (χ3v) is 3.37. The van der Waals surface area contributed by atoms with Crippen LogP contribution in [0.25, 0.3) is 11.3 Å². The second kappa shape index (κ2) is 6.31. The lowest BCUT2D eigenvalue weighted by atomic mass is 10.1. The van der Waals surface area contributed by atoms with Gasteiger partial charge in [0.15, 0.2) is 5.69 Å². The molecule has 24 heavy (non-hydrogen) atoms. The Kier molecular flexibility index (Phi) is 4.20. The summed E-state index contributed by atoms with van der Waals surface area (Å²) in [7, 11) is 1.81. The number of alkyl halides is 3. The first-order valence-electron chi connectivity index (χ1n) is 7.16. The van der Waals surface area contributed by atoms with Crippen molar-refractivity contribution in [2.45, 2.75) is 12.7 Å². The number of hydrogen-bond acceptors (Lipinski definition) is 4. The lowest BCUT2D eigenvalue weighted by Crippen LogP contribution is -2.10. The first-order valence-corrected chi connectivity index (χ1v) is 7.16. The third-order valence-electron chi connectivity index (χ3n) is 3.37. The van der Waals surface area contributed by atoms with Crippen LogP contribution in [0.1, 0.15) is 11.3 Å². The first kappa shape index (κ1) is 16.0. The summed E-state index contributed by atoms with van der Waals surface area (Å²) in [5.74, 6) is 0.269. The van der Waals surface area contributed by atoms with E-state index in [0.29, 0.717) is 6.54 Å². The Bertz CT molecular complexity index is 810. The van der Waals surface area contributed by atoms with Gasteiger partial charge in [-0.3, -0.25) is 4.68 Å². The van der Waals surface area contributed by atoms with E-state index in [1.807, 2.05) is 43.6 Å². The summed E-state index contributed by atoms with van der Waals surface area (Å²) in [6, 6.07) is 11.8. The Hall–Kier alpha value is -2.90. The van der Waals surface area contributed by atoms with Gasteiger partial charge in [0.2, 0.25) is 0 Å². The van der Waals surface area contributed by atoms with E-state index in [0.717, 1.165) is 22.9 Å². The maximum absolute atomic E-state index is 12.5. The molecule has 0 amide bonds. The fourth-order valence-electron chi connectivity index (χ4n) is 2.27. The summed E-state index contributed by atoms with van der Waals surface area (Å²) < 4.78 is 39.1. The summed E-state index contributed by atoms with van der Waals surface area (Å²) in [5.41, 5.74) is 1.67. The van der Waals surface area contributed by atoms with Crippen LogP contribution in [-0.4, -0.2) is 20.0 Å². The van der Waals surface area contributed by atoms with Crippen molar-refractivity contribution in [3.63, 3.8) is 0 Å². The number of rotatable bonds is 4. The summed E-state index contributed by atoms with van der Waals surface area (Å²) in [6.07, 6.45) is -2.64. The Morgan fingerprint density at radius 3 is 2.42 bits per heavy atom. The van der Waals surface area contributed by atoms with Crippen LogP contribution in [-0.2, 0) is 19.8 Å². The molecule has 0 aliphatic rings. The average molecular weight is 333 g/mol. The first-order chi connectivity index (χ1) is 11.4. The Balaban J connectivity index is 1.76. The molecule has 0 fully saturated rings. The highest BCUT2D eigenvalue weighted by Gasteiger charge is 2.32. The predicted molar refractivity (Wildman–Crippen MR) is 83.0 cm³/mol. The summed E-state index contributed by atoms with van der Waals surface area (Å²) in [6.45, 7) is 0.373. The molecule has 2 aromatic heterocycles. The molecule has 0 unspecified atom stereocenters. The van der Waals surface area contributed by atoms with E-state index < -0.39 is 11.9 Å². The minimum Gasteiger partial charge on any atom is -0.364 e. The number of nitrogens with zero attached hydrogens (tertiary/aromatic N) is 4. The molecule has 5 nitrogen and oxygen atoms in total. The molecule has 2 heterocycles. The molecule has 0 saturated carbocycles. The van der Waals surface area contributed by atoms with Crippen molar-refractivity contribution in [1.82, 2.24) is 20.0 Å². The molecule has 3 rings (SSSR count). The molecule has 0 aliphatic heterocycles. The molecule has 0 atom stereocenters. The Labute approximate surface area is 136 Å². The lowest BCUT2D eigenvalue weighted by molar-refractivity contribution is -0.141. The minimum absolute atomic E-state index is 0.269. The van der Waals surface area contributed by atoms with Crippen molar-refractivity contribution >= 4 is 5.82 Å². The topological polar surface area (TPSA) is 55.6 Å². The second-order valence-corrected chi connectivity index (χ2v) is 5.20. The molecular weight excluding hydrogens is 319 g/mol. The van der Waals surface area contributed by atoms with Crippen LogP contribution >= 0.6 is 0 Å². The third kappa shape index (κ3) is 3.53. The van der Waals surface area contributed by atoms with Crippen LogP contribution < -0.4 is 5.32 Å². The second-order valence-electron chi connectivity index (χ2n) is 5.20. The zero-order valence-corrected chi connectivity index (χ0v) is 12.7. The van der Waals surface area contributed by atoms with E-state index in [1.165, 1.54) is 6.07 Å². The molecule has 124 valence electrons. The number of nitrogens with one attached hydrogen (secondary N) is 1. The van der Waals surface area contributed by atoms with Crippen molar-refractivity contribution in [2.24, 2.45) is 7.05 Å². The van der Waals surface area contributed by atoms with Gasteiger partial charge in [-0.1, -0.05) is 30.3 Å². The summed E-state index contributed by atoms with van der Waals surface area (Å²) in [4.78, 5) is 0. The van der Waals surface area contributed by atoms with E-state index in [-0.39, 0.29) is 5.82 Å². The number of hydrogen-bond donors (Lipinski definition) is 1. The van der Waals surface area contributed by atoms with Crippen molar-refractivity contribution in [3.05, 3.63) is 59.9 Å². The molecule has 0 saturated heterocycles. The van der Waals surface area contributed by atoms with E-state index in [1.54, 1.807) is 4.68 Å². The molecular formula is C16H14F3N5. The fraction of sp³-hybridized carbons (Fsp3) is 0.188. The van der Waals surface area contributed by atoms with Gasteiger partial charge in [-0.15, -0.1) is 10.2 Å². The quantitative estimate of drug-likeness (QED) is 0.794. The van der Waals surface area contributed by atoms with Gasteiger partial charge < -0.3 is 5.32 Å². The van der Waals surface area contributed by atoms with Gasteiger partial charge in [0.05, 0.1) is 5.69 Å². The van der Waals surface area contributed by atoms with Crippen molar-refractivity contribution in [1.29, 1.82) is 0 Å². The van der Waals surface area contributed by atoms with E-state index >= 15 is 0 Å². The van der Waals surface area contributed by atoms with E-state index in [9.17, 15) is 13.2 Å². The summed E-state index contributed by atoms with van der Waals surface area (Å²) in [5, 5.41) is 14.2. The van der Waals surface area contributed by atoms with Gasteiger partial charge in [0.25, 0.3) is 0 Å². The van der Waals surface area contributed by atoms with E-state index in [4.69, 9.17) is 0 Å². The molecule has 0 spiro atoms. The maximum atomic E-state index is 12.5.